The monoisotopic (exact) mass is 704 g/mol. The van der Waals surface area contributed by atoms with E-state index in [1.165, 1.54) is 22.3 Å². The molecule has 0 saturated heterocycles. The molecule has 0 radical (unpaired) electrons. The molecule has 0 atom stereocenters. The van der Waals surface area contributed by atoms with Gasteiger partial charge in [-0.25, -0.2) is 9.97 Å². The van der Waals surface area contributed by atoms with Crippen LogP contribution in [0.3, 0.4) is 0 Å². The average Bonchev–Trinajstić information content (AvgIpc) is 3.62. The number of fused-ring (bicyclic) bond motifs is 6. The molecule has 0 aliphatic carbocycles. The largest absolute Gasteiger partial charge is 0.337 e. The Hall–Kier alpha value is -7.30. The predicted octanol–water partition coefficient (Wildman–Crippen LogP) is 13.0. The zero-order chi connectivity index (χ0) is 36.7. The molecule has 4 heteroatoms. The Morgan fingerprint density at radius 2 is 1.13 bits per heavy atom. The van der Waals surface area contributed by atoms with Crippen LogP contribution in [0.15, 0.2) is 201 Å². The van der Waals surface area contributed by atoms with Crippen molar-refractivity contribution in [3.63, 3.8) is 0 Å². The van der Waals surface area contributed by atoms with Crippen LogP contribution in [0, 0.1) is 0 Å². The Kier molecular flexibility index (Phi) is 8.00. The fourth-order valence-corrected chi connectivity index (χ4v) is 8.00. The lowest BCUT2D eigenvalue weighted by atomic mass is 9.95. The highest BCUT2D eigenvalue weighted by Crippen LogP contribution is 2.45. The van der Waals surface area contributed by atoms with Crippen molar-refractivity contribution in [2.45, 2.75) is 0 Å². The van der Waals surface area contributed by atoms with E-state index >= 15 is 0 Å². The van der Waals surface area contributed by atoms with Crippen molar-refractivity contribution in [1.82, 2.24) is 14.5 Å². The van der Waals surface area contributed by atoms with Gasteiger partial charge < -0.3 is 4.90 Å². The van der Waals surface area contributed by atoms with Gasteiger partial charge in [0, 0.05) is 39.5 Å². The van der Waals surface area contributed by atoms with Crippen molar-refractivity contribution in [1.29, 1.82) is 0 Å². The van der Waals surface area contributed by atoms with Gasteiger partial charge in [0.2, 0.25) is 5.95 Å². The Morgan fingerprint density at radius 1 is 0.509 bits per heavy atom. The molecule has 2 aromatic heterocycles. The molecule has 4 nitrogen and oxygen atoms in total. The van der Waals surface area contributed by atoms with Gasteiger partial charge in [0.25, 0.3) is 0 Å². The normalized spacial score (nSPS) is 14.0. The van der Waals surface area contributed by atoms with Crippen molar-refractivity contribution in [3.05, 3.63) is 206 Å². The Morgan fingerprint density at radius 3 is 1.84 bits per heavy atom. The number of para-hydroxylation sites is 2. The first-order chi connectivity index (χ1) is 27.2. The van der Waals surface area contributed by atoms with E-state index in [-0.39, 0.29) is 0 Å². The van der Waals surface area contributed by atoms with Crippen molar-refractivity contribution in [2.75, 3.05) is 11.4 Å². The highest BCUT2D eigenvalue weighted by Gasteiger charge is 2.24. The van der Waals surface area contributed by atoms with E-state index in [1.807, 2.05) is 12.1 Å². The van der Waals surface area contributed by atoms with Crippen molar-refractivity contribution in [2.24, 2.45) is 0 Å². The minimum atomic E-state index is 0.634. The molecule has 3 heterocycles. The highest BCUT2D eigenvalue weighted by molar-refractivity contribution is 6.17. The molecule has 0 fully saturated rings. The lowest BCUT2D eigenvalue weighted by Gasteiger charge is -2.28. The third-order valence-electron chi connectivity index (χ3n) is 10.5. The first kappa shape index (κ1) is 32.4. The van der Waals surface area contributed by atoms with Crippen molar-refractivity contribution < 1.29 is 0 Å². The van der Waals surface area contributed by atoms with Gasteiger partial charge in [-0.15, -0.1) is 0 Å². The lowest BCUT2D eigenvalue weighted by molar-refractivity contribution is 1.01. The summed E-state index contributed by atoms with van der Waals surface area (Å²) in [6.07, 6.45) is 8.57. The maximum absolute atomic E-state index is 5.33. The van der Waals surface area contributed by atoms with Crippen LogP contribution in [-0.4, -0.2) is 21.1 Å². The smallest absolute Gasteiger partial charge is 0.235 e. The first-order valence-corrected chi connectivity index (χ1v) is 18.7. The molecule has 0 amide bonds. The highest BCUT2D eigenvalue weighted by atomic mass is 15.2. The maximum Gasteiger partial charge on any atom is 0.235 e. The van der Waals surface area contributed by atoms with Crippen LogP contribution in [0.25, 0.3) is 77.7 Å². The van der Waals surface area contributed by atoms with E-state index in [9.17, 15) is 0 Å². The molecule has 55 heavy (non-hydrogen) atoms. The van der Waals surface area contributed by atoms with Gasteiger partial charge in [-0.05, 0) is 70.3 Å². The van der Waals surface area contributed by atoms with Gasteiger partial charge in [0.05, 0.1) is 27.9 Å². The minimum Gasteiger partial charge on any atom is -0.337 e. The maximum atomic E-state index is 5.33. The van der Waals surface area contributed by atoms with Crippen molar-refractivity contribution >= 4 is 49.7 Å². The molecule has 0 spiro atoms. The number of hydrogen-bond acceptors (Lipinski definition) is 3. The molecule has 0 N–H and O–H groups in total. The molecule has 1 aliphatic rings. The zero-order valence-electron chi connectivity index (χ0n) is 30.2. The molecule has 0 bridgehead atoms. The number of anilines is 2. The summed E-state index contributed by atoms with van der Waals surface area (Å²) < 4.78 is 2.22. The van der Waals surface area contributed by atoms with E-state index in [4.69, 9.17) is 16.5 Å². The summed E-state index contributed by atoms with van der Waals surface area (Å²) in [5, 5.41) is 3.26. The second-order valence-corrected chi connectivity index (χ2v) is 13.9. The molecule has 1 aliphatic heterocycles. The average molecular weight is 705 g/mol. The zero-order valence-corrected chi connectivity index (χ0v) is 30.2. The van der Waals surface area contributed by atoms with Crippen LogP contribution < -0.4 is 4.90 Å². The third-order valence-corrected chi connectivity index (χ3v) is 10.5. The number of hydrogen-bond donors (Lipinski definition) is 0. The van der Waals surface area contributed by atoms with E-state index < -0.39 is 0 Å². The third kappa shape index (κ3) is 5.72. The van der Waals surface area contributed by atoms with Crippen LogP contribution >= 0.6 is 0 Å². The lowest BCUT2D eigenvalue weighted by Crippen LogP contribution is -2.18. The fraction of sp³-hybridized carbons (Fsp3) is 0.0196. The van der Waals surface area contributed by atoms with Gasteiger partial charge in [-0.2, -0.15) is 0 Å². The fourth-order valence-electron chi connectivity index (χ4n) is 8.00. The van der Waals surface area contributed by atoms with Gasteiger partial charge >= 0.3 is 0 Å². The van der Waals surface area contributed by atoms with Gasteiger partial charge in [0.1, 0.15) is 0 Å². The van der Waals surface area contributed by atoms with Crippen LogP contribution in [0.4, 0.5) is 11.4 Å². The van der Waals surface area contributed by atoms with Crippen LogP contribution in [0.5, 0.6) is 0 Å². The molecular formula is C51H36N4. The minimum absolute atomic E-state index is 0.634. The Labute approximate surface area is 320 Å². The molecule has 260 valence electrons. The summed E-state index contributed by atoms with van der Waals surface area (Å²) in [6, 6.07) is 60.0. The number of benzene rings is 7. The van der Waals surface area contributed by atoms with Gasteiger partial charge in [-0.3, -0.25) is 4.57 Å². The molecule has 0 unspecified atom stereocenters. The summed E-state index contributed by atoms with van der Waals surface area (Å²) in [6.45, 7) is 5.38. The summed E-state index contributed by atoms with van der Waals surface area (Å²) in [4.78, 5) is 13.0. The van der Waals surface area contributed by atoms with Crippen molar-refractivity contribution in [3.8, 4) is 39.5 Å². The summed E-state index contributed by atoms with van der Waals surface area (Å²) in [5.41, 5.74) is 13.8. The van der Waals surface area contributed by atoms with E-state index in [2.05, 4.69) is 191 Å². The topological polar surface area (TPSA) is 34.0 Å². The molecule has 9 aromatic rings. The van der Waals surface area contributed by atoms with Gasteiger partial charge in [-0.1, -0.05) is 158 Å². The van der Waals surface area contributed by atoms with Gasteiger partial charge in [0.15, 0.2) is 0 Å². The summed E-state index contributed by atoms with van der Waals surface area (Å²) in [5.74, 6) is 0.634. The Bertz CT molecular complexity index is 2900. The number of rotatable bonds is 5. The predicted molar refractivity (Wildman–Crippen MR) is 231 cm³/mol. The standard InChI is InChI=1S/C51H36N4/c1-35-18-6-5-17-31-54(41-33-39(36-19-7-2-8-20-36)32-40(34-41)37-21-9-3-10-22-37)46-29-30-47-49(48(35)46)43-26-14-16-28-45(43)55(47)51-52-44-27-15-13-25-42(44)50(53-51)38-23-11-4-12-24-38/h2-30,32-34H,1,31H2/b17-5-,18-6-. The molecule has 7 aromatic carbocycles. The second kappa shape index (κ2) is 13.6. The number of nitrogens with zero attached hydrogens (tertiary/aromatic N) is 4. The van der Waals surface area contributed by atoms with Crippen LogP contribution in [-0.2, 0) is 0 Å². The number of aromatic nitrogens is 3. The molecular weight excluding hydrogens is 669 g/mol. The van der Waals surface area contributed by atoms with Crippen LogP contribution in [0.2, 0.25) is 0 Å². The summed E-state index contributed by atoms with van der Waals surface area (Å²) in [7, 11) is 0. The number of allylic oxidation sites excluding steroid dienone is 4. The van der Waals surface area contributed by atoms with E-state index in [0.717, 1.165) is 66.5 Å². The van der Waals surface area contributed by atoms with E-state index in [0.29, 0.717) is 12.5 Å². The SMILES string of the molecule is C=C1/C=C\C=C/CN(c2cc(-c3ccccc3)cc(-c3ccccc3)c2)c2ccc3c(c21)c1ccccc1n3-c1nc(-c2ccccc2)c2ccccc2n1. The van der Waals surface area contributed by atoms with E-state index in [1.54, 1.807) is 0 Å². The van der Waals surface area contributed by atoms with Crippen LogP contribution in [0.1, 0.15) is 5.56 Å². The second-order valence-electron chi connectivity index (χ2n) is 13.9. The molecule has 0 saturated carbocycles. The summed E-state index contributed by atoms with van der Waals surface area (Å²) >= 11 is 0. The Balaban J connectivity index is 1.24. The first-order valence-electron chi connectivity index (χ1n) is 18.7. The quantitative estimate of drug-likeness (QED) is 0.179. The molecule has 10 rings (SSSR count).